The molecule has 0 spiro atoms. The number of nitrogens with zero attached hydrogens (tertiary/aromatic N) is 2. The molecule has 0 atom stereocenters. The van der Waals surface area contributed by atoms with Gasteiger partial charge in [0.25, 0.3) is 0 Å². The molecule has 23 heavy (non-hydrogen) atoms. The predicted molar refractivity (Wildman–Crippen MR) is 81.7 cm³/mol. The Balaban J connectivity index is 2.75. The molecule has 1 heterocycles. The van der Waals surface area contributed by atoms with Gasteiger partial charge < -0.3 is 15.1 Å². The predicted octanol–water partition coefficient (Wildman–Crippen LogP) is 0.959. The zero-order valence-corrected chi connectivity index (χ0v) is 14.2. The van der Waals surface area contributed by atoms with Crippen molar-refractivity contribution < 1.29 is 29.4 Å². The van der Waals surface area contributed by atoms with Gasteiger partial charge in [-0.25, -0.2) is 4.79 Å². The van der Waals surface area contributed by atoms with Crippen LogP contribution in [0.5, 0.6) is 0 Å². The lowest BCUT2D eigenvalue weighted by atomic mass is 9.82. The fourth-order valence-electron chi connectivity index (χ4n) is 3.09. The van der Waals surface area contributed by atoms with Gasteiger partial charge in [-0.2, -0.15) is 0 Å². The monoisotopic (exact) mass is 330 g/mol. The van der Waals surface area contributed by atoms with E-state index in [1.807, 2.05) is 27.7 Å². The third-order valence-electron chi connectivity index (χ3n) is 3.94. The summed E-state index contributed by atoms with van der Waals surface area (Å²) in [6, 6.07) is 0. The largest absolute Gasteiger partial charge is 0.480 e. The maximum atomic E-state index is 12.2. The third-order valence-corrected chi connectivity index (χ3v) is 3.94. The zero-order valence-electron chi connectivity index (χ0n) is 14.2. The normalized spacial score (nSPS) is 20.2. The molecular formula is C15H26N2O6. The molecule has 0 amide bonds. The second-order valence-electron chi connectivity index (χ2n) is 7.17. The molecule has 8 nitrogen and oxygen atoms in total. The van der Waals surface area contributed by atoms with Gasteiger partial charge in [0.05, 0.1) is 30.7 Å². The van der Waals surface area contributed by atoms with Crippen molar-refractivity contribution in [1.82, 2.24) is 9.96 Å². The minimum absolute atomic E-state index is 0.332. The maximum absolute atomic E-state index is 12.2. The van der Waals surface area contributed by atoms with E-state index in [9.17, 15) is 14.4 Å². The molecule has 0 aliphatic carbocycles. The highest BCUT2D eigenvalue weighted by atomic mass is 16.7. The number of hydrogen-bond donors (Lipinski definition) is 2. The summed E-state index contributed by atoms with van der Waals surface area (Å²) in [5, 5.41) is 19.3. The van der Waals surface area contributed by atoms with E-state index in [1.54, 1.807) is 5.06 Å². The smallest absolute Gasteiger partial charge is 0.339 e. The van der Waals surface area contributed by atoms with Crippen LogP contribution in [0.3, 0.4) is 0 Å². The Labute approximate surface area is 136 Å². The first-order valence-corrected chi connectivity index (χ1v) is 7.61. The van der Waals surface area contributed by atoms with Gasteiger partial charge in [-0.1, -0.05) is 0 Å². The van der Waals surface area contributed by atoms with Crippen LogP contribution in [-0.4, -0.2) is 68.8 Å². The molecule has 1 aliphatic rings. The van der Waals surface area contributed by atoms with Crippen molar-refractivity contribution in [2.75, 3.05) is 19.6 Å². The average Bonchev–Trinajstić information content (AvgIpc) is 2.31. The van der Waals surface area contributed by atoms with Crippen LogP contribution in [0.4, 0.5) is 0 Å². The van der Waals surface area contributed by atoms with Crippen molar-refractivity contribution in [3.63, 3.8) is 0 Å². The van der Waals surface area contributed by atoms with E-state index in [-0.39, 0.29) is 17.6 Å². The van der Waals surface area contributed by atoms with E-state index in [2.05, 4.69) is 0 Å². The Morgan fingerprint density at radius 3 is 1.78 bits per heavy atom. The van der Waals surface area contributed by atoms with Crippen molar-refractivity contribution in [3.8, 4) is 0 Å². The van der Waals surface area contributed by atoms with Gasteiger partial charge in [-0.05, 0) is 47.0 Å². The Morgan fingerprint density at radius 1 is 0.957 bits per heavy atom. The highest BCUT2D eigenvalue weighted by Crippen LogP contribution is 2.38. The number of carbonyl (C=O) groups excluding carboxylic acids is 1. The minimum atomic E-state index is -1.20. The fraction of sp³-hybridized carbons (Fsp3) is 0.800. The molecule has 0 bridgehead atoms. The van der Waals surface area contributed by atoms with E-state index in [0.717, 1.165) is 24.2 Å². The highest BCUT2D eigenvalue weighted by Gasteiger charge is 2.44. The van der Waals surface area contributed by atoms with Crippen molar-refractivity contribution in [1.29, 1.82) is 0 Å². The molecule has 1 saturated heterocycles. The van der Waals surface area contributed by atoms with Crippen LogP contribution < -0.4 is 0 Å². The summed E-state index contributed by atoms with van der Waals surface area (Å²) in [5.41, 5.74) is -0.663. The first kappa shape index (κ1) is 19.4. The average molecular weight is 330 g/mol. The van der Waals surface area contributed by atoms with Gasteiger partial charge >= 0.3 is 17.9 Å². The SMILES string of the molecule is CC1(C)CCCC(C)(C)N1OC(=O)CN(CC(=O)O)CC(=O)O. The molecule has 8 heteroatoms. The van der Waals surface area contributed by atoms with Crippen LogP contribution in [0.1, 0.15) is 47.0 Å². The fourth-order valence-corrected chi connectivity index (χ4v) is 3.09. The van der Waals surface area contributed by atoms with Crippen LogP contribution in [0, 0.1) is 0 Å². The number of hydrogen-bond acceptors (Lipinski definition) is 6. The lowest BCUT2D eigenvalue weighted by Crippen LogP contribution is -2.59. The van der Waals surface area contributed by atoms with E-state index < -0.39 is 31.0 Å². The topological polar surface area (TPSA) is 107 Å². The summed E-state index contributed by atoms with van der Waals surface area (Å²) < 4.78 is 0. The molecule has 0 aromatic carbocycles. The molecule has 0 aromatic heterocycles. The summed E-state index contributed by atoms with van der Waals surface area (Å²) >= 11 is 0. The van der Waals surface area contributed by atoms with Crippen molar-refractivity contribution in [2.45, 2.75) is 58.0 Å². The van der Waals surface area contributed by atoms with E-state index in [4.69, 9.17) is 15.1 Å². The summed E-state index contributed by atoms with van der Waals surface area (Å²) in [7, 11) is 0. The summed E-state index contributed by atoms with van der Waals surface area (Å²) in [4.78, 5) is 40.2. The third kappa shape index (κ3) is 5.80. The summed E-state index contributed by atoms with van der Waals surface area (Å²) in [6.07, 6.45) is 2.77. The minimum Gasteiger partial charge on any atom is -0.480 e. The molecule has 132 valence electrons. The van der Waals surface area contributed by atoms with Crippen LogP contribution >= 0.6 is 0 Å². The molecule has 0 aromatic rings. The standard InChI is InChI=1S/C15H26N2O6/c1-14(2)6-5-7-15(3,4)17(14)23-13(22)10-16(8-11(18)19)9-12(20)21/h5-10H2,1-4H3,(H,18,19)(H,20,21). The summed E-state index contributed by atoms with van der Waals surface area (Å²) in [5.74, 6) is -3.05. The van der Waals surface area contributed by atoms with E-state index in [0.29, 0.717) is 0 Å². The highest BCUT2D eigenvalue weighted by molar-refractivity contribution is 5.76. The van der Waals surface area contributed by atoms with Gasteiger partial charge in [-0.15, -0.1) is 5.06 Å². The van der Waals surface area contributed by atoms with E-state index >= 15 is 0 Å². The lowest BCUT2D eigenvalue weighted by molar-refractivity contribution is -0.266. The number of carboxylic acids is 2. The van der Waals surface area contributed by atoms with Crippen LogP contribution in [0.15, 0.2) is 0 Å². The zero-order chi connectivity index (χ0) is 17.8. The van der Waals surface area contributed by atoms with Gasteiger partial charge in [-0.3, -0.25) is 14.5 Å². The van der Waals surface area contributed by atoms with Gasteiger partial charge in [0.15, 0.2) is 0 Å². The van der Waals surface area contributed by atoms with E-state index in [1.165, 1.54) is 0 Å². The molecule has 1 rings (SSSR count). The van der Waals surface area contributed by atoms with Gasteiger partial charge in [0, 0.05) is 0 Å². The molecule has 0 saturated carbocycles. The summed E-state index contributed by atoms with van der Waals surface area (Å²) in [6.45, 7) is 6.46. The number of aliphatic carboxylic acids is 2. The first-order valence-electron chi connectivity index (χ1n) is 7.61. The van der Waals surface area contributed by atoms with Crippen LogP contribution in [0.25, 0.3) is 0 Å². The first-order chi connectivity index (χ1) is 10.4. The second-order valence-corrected chi connectivity index (χ2v) is 7.17. The molecule has 1 aliphatic heterocycles. The Morgan fingerprint density at radius 2 is 1.39 bits per heavy atom. The maximum Gasteiger partial charge on any atom is 0.339 e. The molecular weight excluding hydrogens is 304 g/mol. The quantitative estimate of drug-likeness (QED) is 0.711. The Bertz CT molecular complexity index is 443. The van der Waals surface area contributed by atoms with Crippen molar-refractivity contribution in [3.05, 3.63) is 0 Å². The van der Waals surface area contributed by atoms with Crippen molar-refractivity contribution >= 4 is 17.9 Å². The van der Waals surface area contributed by atoms with Crippen LogP contribution in [-0.2, 0) is 19.2 Å². The molecule has 2 N–H and O–H groups in total. The van der Waals surface area contributed by atoms with Crippen LogP contribution in [0.2, 0.25) is 0 Å². The number of carboxylic acid groups (broad SMARTS) is 2. The molecule has 1 fully saturated rings. The molecule has 0 radical (unpaired) electrons. The number of rotatable bonds is 7. The Hall–Kier alpha value is -1.67. The number of carbonyl (C=O) groups is 3. The van der Waals surface area contributed by atoms with Gasteiger partial charge in [0.2, 0.25) is 0 Å². The number of hydroxylamine groups is 2. The van der Waals surface area contributed by atoms with Crippen molar-refractivity contribution in [2.24, 2.45) is 0 Å². The Kier molecular flexibility index (Phi) is 6.12. The molecule has 0 unspecified atom stereocenters. The second kappa shape index (κ2) is 7.27. The number of piperidine rings is 1. The lowest BCUT2D eigenvalue weighted by Gasteiger charge is -2.50. The van der Waals surface area contributed by atoms with Gasteiger partial charge in [0.1, 0.15) is 0 Å².